The van der Waals surface area contributed by atoms with Crippen LogP contribution in [-0.4, -0.2) is 35.6 Å². The van der Waals surface area contributed by atoms with E-state index in [1.54, 1.807) is 0 Å². The van der Waals surface area contributed by atoms with Gasteiger partial charge in [0, 0.05) is 29.7 Å². The molecule has 0 aliphatic carbocycles. The van der Waals surface area contributed by atoms with Gasteiger partial charge in [0.05, 0.1) is 0 Å². The fraction of sp³-hybridized carbons (Fsp3) is 0.652. The van der Waals surface area contributed by atoms with E-state index in [9.17, 15) is 0 Å². The molecule has 0 amide bonds. The summed E-state index contributed by atoms with van der Waals surface area (Å²) >= 11 is 0. The first-order valence-electron chi connectivity index (χ1n) is 10.7. The molecule has 0 spiro atoms. The van der Waals surface area contributed by atoms with E-state index in [-0.39, 0.29) is 0 Å². The third-order valence-corrected chi connectivity index (χ3v) is 5.18. The van der Waals surface area contributed by atoms with Crippen LogP contribution < -0.4 is 5.32 Å². The van der Waals surface area contributed by atoms with Crippen molar-refractivity contribution in [3.8, 4) is 0 Å². The third kappa shape index (κ3) is 6.14. The van der Waals surface area contributed by atoms with E-state index in [1.165, 1.54) is 68.2 Å². The van der Waals surface area contributed by atoms with Crippen molar-refractivity contribution in [2.75, 3.05) is 26.2 Å². The smallest absolute Gasteiger partial charge is 0.0486 e. The molecular formula is C23H39N3. The van der Waals surface area contributed by atoms with E-state index in [0.717, 1.165) is 13.1 Å². The number of nitrogens with zero attached hydrogens (tertiary/aromatic N) is 2. The molecule has 1 heterocycles. The van der Waals surface area contributed by atoms with Gasteiger partial charge >= 0.3 is 0 Å². The van der Waals surface area contributed by atoms with Crippen LogP contribution in [0.1, 0.15) is 71.4 Å². The average molecular weight is 358 g/mol. The number of hydrogen-bond acceptors (Lipinski definition) is 2. The van der Waals surface area contributed by atoms with Crippen LogP contribution in [0.5, 0.6) is 0 Å². The number of fused-ring (bicyclic) bond motifs is 1. The lowest BCUT2D eigenvalue weighted by Gasteiger charge is -2.21. The molecule has 0 saturated heterocycles. The number of rotatable bonds is 13. The van der Waals surface area contributed by atoms with E-state index in [2.05, 4.69) is 72.9 Å². The summed E-state index contributed by atoms with van der Waals surface area (Å²) in [5.41, 5.74) is 2.77. The van der Waals surface area contributed by atoms with Gasteiger partial charge in [-0.1, -0.05) is 44.9 Å². The Hall–Kier alpha value is -1.32. The third-order valence-electron chi connectivity index (χ3n) is 5.18. The topological polar surface area (TPSA) is 20.2 Å². The van der Waals surface area contributed by atoms with Crippen molar-refractivity contribution in [3.63, 3.8) is 0 Å². The van der Waals surface area contributed by atoms with E-state index >= 15 is 0 Å². The normalized spacial score (nSPS) is 11.9. The lowest BCUT2D eigenvalue weighted by atomic mass is 10.2. The maximum atomic E-state index is 3.67. The summed E-state index contributed by atoms with van der Waals surface area (Å²) in [6, 6.07) is 9.27. The summed E-state index contributed by atoms with van der Waals surface area (Å²) in [4.78, 5) is 2.65. The second-order valence-electron chi connectivity index (χ2n) is 7.75. The predicted octanol–water partition coefficient (Wildman–Crippen LogP) is 5.60. The molecule has 26 heavy (non-hydrogen) atoms. The Kier molecular flexibility index (Phi) is 9.21. The molecule has 2 rings (SSSR count). The zero-order chi connectivity index (χ0) is 18.8. The molecule has 0 fully saturated rings. The molecule has 0 unspecified atom stereocenters. The van der Waals surface area contributed by atoms with Gasteiger partial charge in [0.25, 0.3) is 0 Å². The van der Waals surface area contributed by atoms with Gasteiger partial charge in [-0.2, -0.15) is 0 Å². The minimum absolute atomic E-state index is 0.499. The Morgan fingerprint density at radius 3 is 2.27 bits per heavy atom. The molecule has 0 bridgehead atoms. The highest BCUT2D eigenvalue weighted by molar-refractivity contribution is 5.84. The molecule has 0 radical (unpaired) electrons. The van der Waals surface area contributed by atoms with Crippen molar-refractivity contribution in [1.29, 1.82) is 0 Å². The summed E-state index contributed by atoms with van der Waals surface area (Å²) in [6.07, 6.45) is 8.80. The maximum Gasteiger partial charge on any atom is 0.0486 e. The number of nitrogens with one attached hydrogen (secondary N) is 1. The highest BCUT2D eigenvalue weighted by Gasteiger charge is 2.09. The molecule has 1 N–H and O–H groups in total. The van der Waals surface area contributed by atoms with E-state index < -0.39 is 0 Å². The quantitative estimate of drug-likeness (QED) is 0.471. The minimum Gasteiger partial charge on any atom is -0.345 e. The molecule has 0 saturated carbocycles. The molecule has 1 aromatic heterocycles. The largest absolute Gasteiger partial charge is 0.345 e. The second-order valence-corrected chi connectivity index (χ2v) is 7.75. The summed E-state index contributed by atoms with van der Waals surface area (Å²) in [5, 5.41) is 5.06. The van der Waals surface area contributed by atoms with Crippen LogP contribution in [0.3, 0.4) is 0 Å². The van der Waals surface area contributed by atoms with Crippen LogP contribution in [0.15, 0.2) is 30.5 Å². The number of unbranched alkanes of at least 4 members (excludes halogenated alkanes) is 2. The Bertz CT molecular complexity index is 621. The van der Waals surface area contributed by atoms with Gasteiger partial charge in [0.2, 0.25) is 0 Å². The SMILES string of the molecule is CCCCN(CCCC)CCCNCc1cn(C(C)C)c2ccccc12. The molecule has 2 aromatic rings. The maximum absolute atomic E-state index is 3.67. The summed E-state index contributed by atoms with van der Waals surface area (Å²) in [7, 11) is 0. The Balaban J connectivity index is 1.81. The van der Waals surface area contributed by atoms with Gasteiger partial charge in [0.1, 0.15) is 0 Å². The molecule has 0 aliphatic rings. The van der Waals surface area contributed by atoms with Gasteiger partial charge in [0.15, 0.2) is 0 Å². The van der Waals surface area contributed by atoms with E-state index in [1.807, 2.05) is 0 Å². The summed E-state index contributed by atoms with van der Waals surface area (Å²) in [6.45, 7) is 14.9. The first-order valence-corrected chi connectivity index (χ1v) is 10.7. The van der Waals surface area contributed by atoms with Crippen molar-refractivity contribution >= 4 is 10.9 Å². The van der Waals surface area contributed by atoms with Crippen molar-refractivity contribution in [2.45, 2.75) is 72.4 Å². The van der Waals surface area contributed by atoms with Crippen molar-refractivity contribution in [1.82, 2.24) is 14.8 Å². The minimum atomic E-state index is 0.499. The number of benzene rings is 1. The van der Waals surface area contributed by atoms with Crippen molar-refractivity contribution < 1.29 is 0 Å². The zero-order valence-corrected chi connectivity index (χ0v) is 17.4. The van der Waals surface area contributed by atoms with Gasteiger partial charge < -0.3 is 14.8 Å². The van der Waals surface area contributed by atoms with Crippen LogP contribution in [0.25, 0.3) is 10.9 Å². The van der Waals surface area contributed by atoms with Gasteiger partial charge in [-0.25, -0.2) is 0 Å². The van der Waals surface area contributed by atoms with Crippen molar-refractivity contribution in [3.05, 3.63) is 36.0 Å². The highest BCUT2D eigenvalue weighted by atomic mass is 15.1. The van der Waals surface area contributed by atoms with Crippen LogP contribution in [-0.2, 0) is 6.54 Å². The Morgan fingerprint density at radius 2 is 1.62 bits per heavy atom. The van der Waals surface area contributed by atoms with Crippen LogP contribution >= 0.6 is 0 Å². The van der Waals surface area contributed by atoms with Crippen LogP contribution in [0.4, 0.5) is 0 Å². The molecule has 3 nitrogen and oxygen atoms in total. The standard InChI is InChI=1S/C23H39N3/c1-5-7-15-25(16-8-6-2)17-11-14-24-18-21-19-26(20(3)4)23-13-10-9-12-22(21)23/h9-10,12-13,19-20,24H,5-8,11,14-18H2,1-4H3. The van der Waals surface area contributed by atoms with E-state index in [0.29, 0.717) is 6.04 Å². The summed E-state index contributed by atoms with van der Waals surface area (Å²) < 4.78 is 2.39. The predicted molar refractivity (Wildman–Crippen MR) is 115 cm³/mol. The lowest BCUT2D eigenvalue weighted by Crippen LogP contribution is -2.29. The summed E-state index contributed by atoms with van der Waals surface area (Å²) in [5.74, 6) is 0. The molecule has 1 aromatic carbocycles. The monoisotopic (exact) mass is 357 g/mol. The van der Waals surface area contributed by atoms with Crippen LogP contribution in [0, 0.1) is 0 Å². The first-order chi connectivity index (χ1) is 12.7. The lowest BCUT2D eigenvalue weighted by molar-refractivity contribution is 0.261. The molecule has 146 valence electrons. The molecule has 3 heteroatoms. The fourth-order valence-electron chi connectivity index (χ4n) is 3.59. The Morgan fingerprint density at radius 1 is 0.962 bits per heavy atom. The van der Waals surface area contributed by atoms with Gasteiger partial charge in [-0.3, -0.25) is 0 Å². The molecule has 0 atom stereocenters. The second kappa shape index (κ2) is 11.4. The van der Waals surface area contributed by atoms with Crippen molar-refractivity contribution in [2.24, 2.45) is 0 Å². The van der Waals surface area contributed by atoms with Gasteiger partial charge in [-0.15, -0.1) is 0 Å². The van der Waals surface area contributed by atoms with E-state index in [4.69, 9.17) is 0 Å². The van der Waals surface area contributed by atoms with Crippen LogP contribution in [0.2, 0.25) is 0 Å². The molecule has 0 aliphatic heterocycles. The number of hydrogen-bond donors (Lipinski definition) is 1. The number of aromatic nitrogens is 1. The Labute approximate surface area is 160 Å². The average Bonchev–Trinajstić information content (AvgIpc) is 3.02. The first kappa shape index (κ1) is 21.0. The molecular weight excluding hydrogens is 318 g/mol. The zero-order valence-electron chi connectivity index (χ0n) is 17.4. The van der Waals surface area contributed by atoms with Gasteiger partial charge in [-0.05, 0) is 70.9 Å². The number of para-hydroxylation sites is 1. The fourth-order valence-corrected chi connectivity index (χ4v) is 3.59. The highest BCUT2D eigenvalue weighted by Crippen LogP contribution is 2.24.